The van der Waals surface area contributed by atoms with Gasteiger partial charge < -0.3 is 10.1 Å². The second-order valence-corrected chi connectivity index (χ2v) is 4.19. The molecule has 3 atom stereocenters. The van der Waals surface area contributed by atoms with Crippen LogP contribution in [0.5, 0.6) is 0 Å². The Kier molecular flexibility index (Phi) is 1.71. The SMILES string of the molecule is CC(C)=C[C@@]12NC(=O)[C@H](C)[C@@H]1OC2=O. The van der Waals surface area contributed by atoms with Crippen LogP contribution in [0.4, 0.5) is 0 Å². The van der Waals surface area contributed by atoms with Crippen LogP contribution >= 0.6 is 0 Å². The smallest absolute Gasteiger partial charge is 0.340 e. The number of fused-ring (bicyclic) bond motifs is 1. The first-order chi connectivity index (χ1) is 6.47. The number of esters is 1. The van der Waals surface area contributed by atoms with E-state index in [1.165, 1.54) is 0 Å². The summed E-state index contributed by atoms with van der Waals surface area (Å²) in [5.74, 6) is -0.706. The molecule has 0 aromatic rings. The molecule has 76 valence electrons. The Bertz CT molecular complexity index is 343. The molecular formula is C10H13NO3. The van der Waals surface area contributed by atoms with Crippen molar-refractivity contribution in [3.63, 3.8) is 0 Å². The Labute approximate surface area is 82.3 Å². The highest BCUT2D eigenvalue weighted by molar-refractivity contribution is 6.01. The third kappa shape index (κ3) is 0.937. The maximum Gasteiger partial charge on any atom is 0.340 e. The second-order valence-electron chi connectivity index (χ2n) is 4.19. The lowest BCUT2D eigenvalue weighted by atomic mass is 9.83. The molecule has 2 fully saturated rings. The number of carbonyl (C=O) groups is 2. The molecule has 0 aliphatic carbocycles. The quantitative estimate of drug-likeness (QED) is 0.486. The molecule has 2 rings (SSSR count). The third-order valence-corrected chi connectivity index (χ3v) is 2.73. The average Bonchev–Trinajstić information content (AvgIpc) is 2.26. The van der Waals surface area contributed by atoms with Crippen LogP contribution in [-0.2, 0) is 14.3 Å². The number of hydrogen-bond donors (Lipinski definition) is 1. The molecule has 4 heteroatoms. The van der Waals surface area contributed by atoms with E-state index in [0.29, 0.717) is 0 Å². The Hall–Kier alpha value is -1.32. The van der Waals surface area contributed by atoms with Gasteiger partial charge in [0.25, 0.3) is 0 Å². The molecule has 0 saturated carbocycles. The lowest BCUT2D eigenvalue weighted by Gasteiger charge is -2.40. The molecule has 1 amide bonds. The van der Waals surface area contributed by atoms with E-state index in [-0.39, 0.29) is 23.9 Å². The summed E-state index contributed by atoms with van der Waals surface area (Å²) in [7, 11) is 0. The summed E-state index contributed by atoms with van der Waals surface area (Å²) in [5, 5.41) is 2.71. The van der Waals surface area contributed by atoms with E-state index < -0.39 is 5.54 Å². The van der Waals surface area contributed by atoms with E-state index in [1.54, 1.807) is 13.0 Å². The molecule has 2 aliphatic rings. The van der Waals surface area contributed by atoms with Crippen LogP contribution in [0.2, 0.25) is 0 Å². The Morgan fingerprint density at radius 2 is 2.14 bits per heavy atom. The summed E-state index contributed by atoms with van der Waals surface area (Å²) < 4.78 is 4.98. The maximum atomic E-state index is 11.4. The molecule has 14 heavy (non-hydrogen) atoms. The standard InChI is InChI=1S/C10H13NO3/c1-5(2)4-10-7(14-9(10)13)6(3)8(12)11-10/h4,6-7H,1-3H3,(H,11,12)/t6-,7+,10-/m1/s1. The summed E-state index contributed by atoms with van der Waals surface area (Å²) in [4.78, 5) is 22.8. The summed E-state index contributed by atoms with van der Waals surface area (Å²) >= 11 is 0. The average molecular weight is 195 g/mol. The lowest BCUT2D eigenvalue weighted by molar-refractivity contribution is -0.184. The van der Waals surface area contributed by atoms with Crippen molar-refractivity contribution in [1.29, 1.82) is 0 Å². The highest BCUT2D eigenvalue weighted by Crippen LogP contribution is 2.39. The van der Waals surface area contributed by atoms with Crippen LogP contribution < -0.4 is 5.32 Å². The molecule has 2 heterocycles. The van der Waals surface area contributed by atoms with Crippen molar-refractivity contribution in [2.75, 3.05) is 0 Å². The second kappa shape index (κ2) is 2.59. The summed E-state index contributed by atoms with van der Waals surface area (Å²) in [5.41, 5.74) is 0.135. The minimum Gasteiger partial charge on any atom is -0.456 e. The van der Waals surface area contributed by atoms with Crippen LogP contribution in [0.3, 0.4) is 0 Å². The Balaban J connectivity index is 2.38. The molecule has 0 radical (unpaired) electrons. The van der Waals surface area contributed by atoms with Gasteiger partial charge in [0.15, 0.2) is 11.6 Å². The summed E-state index contributed by atoms with van der Waals surface area (Å²) in [6.45, 7) is 5.56. The van der Waals surface area contributed by atoms with Gasteiger partial charge in [0.2, 0.25) is 5.91 Å². The van der Waals surface area contributed by atoms with Gasteiger partial charge in [-0.25, -0.2) is 4.79 Å². The van der Waals surface area contributed by atoms with Crippen molar-refractivity contribution in [2.45, 2.75) is 32.4 Å². The van der Waals surface area contributed by atoms with Crippen LogP contribution in [0.1, 0.15) is 20.8 Å². The van der Waals surface area contributed by atoms with E-state index in [0.717, 1.165) is 5.57 Å². The summed E-state index contributed by atoms with van der Waals surface area (Å²) in [6.07, 6.45) is 1.46. The van der Waals surface area contributed by atoms with Crippen molar-refractivity contribution < 1.29 is 14.3 Å². The molecule has 0 aromatic heterocycles. The zero-order valence-electron chi connectivity index (χ0n) is 8.46. The van der Waals surface area contributed by atoms with Gasteiger partial charge >= 0.3 is 5.97 Å². The number of rotatable bonds is 1. The number of amides is 1. The normalized spacial score (nSPS) is 39.4. The van der Waals surface area contributed by atoms with Crippen molar-refractivity contribution in [1.82, 2.24) is 5.32 Å². The number of allylic oxidation sites excluding steroid dienone is 1. The van der Waals surface area contributed by atoms with Crippen LogP contribution in [-0.4, -0.2) is 23.5 Å². The van der Waals surface area contributed by atoms with Gasteiger partial charge in [-0.05, 0) is 26.8 Å². The Morgan fingerprint density at radius 1 is 1.50 bits per heavy atom. The van der Waals surface area contributed by atoms with E-state index in [1.807, 2.05) is 13.8 Å². The van der Waals surface area contributed by atoms with E-state index >= 15 is 0 Å². The Morgan fingerprint density at radius 3 is 2.57 bits per heavy atom. The molecule has 0 aromatic carbocycles. The zero-order chi connectivity index (χ0) is 10.5. The first-order valence-electron chi connectivity index (χ1n) is 4.66. The molecular weight excluding hydrogens is 182 g/mol. The van der Waals surface area contributed by atoms with Crippen molar-refractivity contribution >= 4 is 11.9 Å². The van der Waals surface area contributed by atoms with E-state index in [2.05, 4.69) is 5.32 Å². The number of ether oxygens (including phenoxy) is 1. The van der Waals surface area contributed by atoms with Gasteiger partial charge in [0.05, 0.1) is 5.92 Å². The van der Waals surface area contributed by atoms with Gasteiger partial charge in [0.1, 0.15) is 0 Å². The predicted molar refractivity (Wildman–Crippen MR) is 49.3 cm³/mol. The zero-order valence-corrected chi connectivity index (χ0v) is 8.46. The lowest BCUT2D eigenvalue weighted by Crippen LogP contribution is -2.65. The highest BCUT2D eigenvalue weighted by Gasteiger charge is 2.65. The van der Waals surface area contributed by atoms with Gasteiger partial charge in [0, 0.05) is 0 Å². The van der Waals surface area contributed by atoms with Crippen LogP contribution in [0, 0.1) is 5.92 Å². The fourth-order valence-corrected chi connectivity index (χ4v) is 2.07. The van der Waals surface area contributed by atoms with Gasteiger partial charge in [-0.1, -0.05) is 5.57 Å². The van der Waals surface area contributed by atoms with Crippen molar-refractivity contribution in [2.24, 2.45) is 5.92 Å². The van der Waals surface area contributed by atoms with Gasteiger partial charge in [-0.2, -0.15) is 0 Å². The van der Waals surface area contributed by atoms with Crippen molar-refractivity contribution in [3.8, 4) is 0 Å². The fraction of sp³-hybridized carbons (Fsp3) is 0.600. The summed E-state index contributed by atoms with van der Waals surface area (Å²) in [6, 6.07) is 0. The molecule has 1 N–H and O–H groups in total. The molecule has 0 unspecified atom stereocenters. The third-order valence-electron chi connectivity index (χ3n) is 2.73. The van der Waals surface area contributed by atoms with E-state index in [9.17, 15) is 9.59 Å². The predicted octanol–water partition coefficient (Wildman–Crippen LogP) is 0.383. The van der Waals surface area contributed by atoms with E-state index in [4.69, 9.17) is 4.74 Å². The van der Waals surface area contributed by atoms with Crippen LogP contribution in [0.25, 0.3) is 0 Å². The number of nitrogens with one attached hydrogen (secondary N) is 1. The minimum absolute atomic E-state index is 0.113. The monoisotopic (exact) mass is 195 g/mol. The first-order valence-corrected chi connectivity index (χ1v) is 4.66. The molecule has 0 bridgehead atoms. The fourth-order valence-electron chi connectivity index (χ4n) is 2.07. The largest absolute Gasteiger partial charge is 0.456 e. The van der Waals surface area contributed by atoms with Gasteiger partial charge in [-0.15, -0.1) is 0 Å². The van der Waals surface area contributed by atoms with Gasteiger partial charge in [-0.3, -0.25) is 4.79 Å². The number of carbonyl (C=O) groups excluding carboxylic acids is 2. The highest BCUT2D eigenvalue weighted by atomic mass is 16.6. The molecule has 2 aliphatic heterocycles. The maximum absolute atomic E-state index is 11.4. The topological polar surface area (TPSA) is 55.4 Å². The molecule has 0 spiro atoms. The molecule has 2 saturated heterocycles. The van der Waals surface area contributed by atoms with Crippen LogP contribution in [0.15, 0.2) is 11.6 Å². The van der Waals surface area contributed by atoms with Crippen molar-refractivity contribution in [3.05, 3.63) is 11.6 Å². The number of hydrogen-bond acceptors (Lipinski definition) is 3. The minimum atomic E-state index is -0.866. The first kappa shape index (κ1) is 9.24. The molecule has 4 nitrogen and oxygen atoms in total.